The first-order chi connectivity index (χ1) is 16.0. The van der Waals surface area contributed by atoms with E-state index in [4.69, 9.17) is 5.11 Å². The van der Waals surface area contributed by atoms with Crippen molar-refractivity contribution in [1.29, 1.82) is 0 Å². The fourth-order valence-corrected chi connectivity index (χ4v) is 5.56. The van der Waals surface area contributed by atoms with Crippen molar-refractivity contribution in [2.45, 2.75) is 51.6 Å². The van der Waals surface area contributed by atoms with Crippen molar-refractivity contribution in [2.24, 2.45) is 11.8 Å². The molecule has 1 aromatic carbocycles. The molecule has 1 amide bonds. The predicted octanol–water partition coefficient (Wildman–Crippen LogP) is 4.39. The maximum absolute atomic E-state index is 13.8. The molecule has 1 saturated carbocycles. The quantitative estimate of drug-likeness (QED) is 0.627. The zero-order valence-electron chi connectivity index (χ0n) is 18.5. The number of carboxylic acid groups (broad SMARTS) is 1. The fraction of sp³-hybridized carbons (Fsp3) is 0.423. The average Bonchev–Trinajstić information content (AvgIpc) is 3.12. The minimum absolute atomic E-state index is 0.0317. The molecule has 172 valence electrons. The van der Waals surface area contributed by atoms with Crippen LogP contribution in [0.3, 0.4) is 0 Å². The zero-order chi connectivity index (χ0) is 22.9. The summed E-state index contributed by atoms with van der Waals surface area (Å²) in [5.74, 6) is -0.700. The van der Waals surface area contributed by atoms with E-state index in [2.05, 4.69) is 15.6 Å². The lowest BCUT2D eigenvalue weighted by Gasteiger charge is -2.34. The van der Waals surface area contributed by atoms with E-state index in [1.807, 2.05) is 17.0 Å². The Balaban J connectivity index is 1.38. The van der Waals surface area contributed by atoms with E-state index in [0.717, 1.165) is 54.4 Å². The van der Waals surface area contributed by atoms with Crippen LogP contribution in [0.4, 0.5) is 4.39 Å². The molecule has 0 bridgehead atoms. The molecule has 6 nitrogen and oxygen atoms in total. The van der Waals surface area contributed by atoms with Gasteiger partial charge in [-0.25, -0.2) is 9.37 Å². The number of nitrogens with zero attached hydrogens (tertiary/aromatic N) is 3. The maximum atomic E-state index is 13.8. The number of hydrogen-bond acceptors (Lipinski definition) is 3. The second-order valence-corrected chi connectivity index (χ2v) is 9.34. The highest BCUT2D eigenvalue weighted by atomic mass is 19.1. The van der Waals surface area contributed by atoms with Crippen LogP contribution in [0.25, 0.3) is 11.0 Å². The molecule has 33 heavy (non-hydrogen) atoms. The van der Waals surface area contributed by atoms with E-state index in [-0.39, 0.29) is 30.0 Å². The van der Waals surface area contributed by atoms with Crippen LogP contribution in [0, 0.1) is 17.7 Å². The minimum Gasteiger partial charge on any atom is -0.481 e. The van der Waals surface area contributed by atoms with Crippen LogP contribution in [0.15, 0.2) is 42.6 Å². The van der Waals surface area contributed by atoms with Gasteiger partial charge in [-0.2, -0.15) is 0 Å². The number of amides is 1. The molecule has 0 radical (unpaired) electrons. The van der Waals surface area contributed by atoms with Gasteiger partial charge in [-0.15, -0.1) is 0 Å². The van der Waals surface area contributed by atoms with Gasteiger partial charge in [-0.1, -0.05) is 12.1 Å². The molecule has 5 rings (SSSR count). The van der Waals surface area contributed by atoms with Crippen molar-refractivity contribution in [2.75, 3.05) is 6.54 Å². The Morgan fingerprint density at radius 1 is 1.12 bits per heavy atom. The number of aromatic nitrogens is 2. The number of rotatable bonds is 5. The summed E-state index contributed by atoms with van der Waals surface area (Å²) in [6.45, 7) is 1.70. The number of benzene rings is 1. The molecule has 1 N–H and O–H groups in total. The molecular formula is C26H28FN3O3. The molecule has 3 heterocycles. The number of hydrogen-bond donors (Lipinski definition) is 1. The Hall–Kier alpha value is -3.22. The molecule has 3 aromatic rings. The van der Waals surface area contributed by atoms with Gasteiger partial charge >= 0.3 is 5.97 Å². The highest BCUT2D eigenvalue weighted by Crippen LogP contribution is 2.35. The van der Waals surface area contributed by atoms with Crippen molar-refractivity contribution in [3.8, 4) is 0 Å². The predicted molar refractivity (Wildman–Crippen MR) is 122 cm³/mol. The second kappa shape index (κ2) is 8.96. The standard InChI is InChI=1S/C26H28FN3O3/c27-20-4-1-3-18(13-20)15-30-23-16-29(12-10-21(23)22-5-2-11-28-25(22)30)26(33)19-8-6-17(7-9-19)14-24(31)32/h1-5,11,13,17,19H,6-10,12,14-16H2,(H,31,32). The van der Waals surface area contributed by atoms with Crippen molar-refractivity contribution in [3.05, 3.63) is 65.2 Å². The van der Waals surface area contributed by atoms with Crippen molar-refractivity contribution in [3.63, 3.8) is 0 Å². The van der Waals surface area contributed by atoms with Crippen LogP contribution in [-0.4, -0.2) is 38.0 Å². The molecule has 0 unspecified atom stereocenters. The Kier molecular flexibility index (Phi) is 5.87. The van der Waals surface area contributed by atoms with E-state index < -0.39 is 5.97 Å². The summed E-state index contributed by atoms with van der Waals surface area (Å²) in [5, 5.41) is 10.1. The largest absolute Gasteiger partial charge is 0.481 e. The van der Waals surface area contributed by atoms with E-state index in [0.29, 0.717) is 19.6 Å². The topological polar surface area (TPSA) is 75.4 Å². The van der Waals surface area contributed by atoms with Crippen molar-refractivity contribution >= 4 is 22.9 Å². The highest BCUT2D eigenvalue weighted by Gasteiger charge is 2.33. The van der Waals surface area contributed by atoms with Crippen molar-refractivity contribution < 1.29 is 19.1 Å². The highest BCUT2D eigenvalue weighted by molar-refractivity contribution is 5.84. The molecule has 1 aliphatic heterocycles. The molecule has 0 atom stereocenters. The smallest absolute Gasteiger partial charge is 0.303 e. The van der Waals surface area contributed by atoms with Gasteiger partial charge in [0.1, 0.15) is 11.5 Å². The Labute approximate surface area is 192 Å². The van der Waals surface area contributed by atoms with Gasteiger partial charge in [0.15, 0.2) is 0 Å². The summed E-state index contributed by atoms with van der Waals surface area (Å²) in [5.41, 5.74) is 4.03. The van der Waals surface area contributed by atoms with Crippen LogP contribution < -0.4 is 0 Å². The number of carbonyl (C=O) groups is 2. The van der Waals surface area contributed by atoms with Crippen LogP contribution in [0.5, 0.6) is 0 Å². The van der Waals surface area contributed by atoms with Gasteiger partial charge in [0, 0.05) is 42.7 Å². The van der Waals surface area contributed by atoms with Crippen LogP contribution in [-0.2, 0) is 29.1 Å². The number of carbonyl (C=O) groups excluding carboxylic acids is 1. The van der Waals surface area contributed by atoms with Gasteiger partial charge in [0.2, 0.25) is 5.91 Å². The number of carboxylic acids is 1. The summed E-state index contributed by atoms with van der Waals surface area (Å²) >= 11 is 0. The minimum atomic E-state index is -0.756. The molecule has 7 heteroatoms. The fourth-order valence-electron chi connectivity index (χ4n) is 5.56. The number of fused-ring (bicyclic) bond motifs is 3. The van der Waals surface area contributed by atoms with Gasteiger partial charge in [0.25, 0.3) is 0 Å². The Morgan fingerprint density at radius 3 is 2.70 bits per heavy atom. The van der Waals surface area contributed by atoms with E-state index in [9.17, 15) is 14.0 Å². The molecule has 1 aliphatic carbocycles. The Bertz CT molecular complexity index is 1200. The second-order valence-electron chi connectivity index (χ2n) is 9.34. The first-order valence-corrected chi connectivity index (χ1v) is 11.7. The lowest BCUT2D eigenvalue weighted by atomic mass is 9.80. The summed E-state index contributed by atoms with van der Waals surface area (Å²) < 4.78 is 15.9. The third kappa shape index (κ3) is 4.36. The summed E-state index contributed by atoms with van der Waals surface area (Å²) in [6, 6.07) is 10.6. The lowest BCUT2D eigenvalue weighted by molar-refractivity contribution is -0.139. The van der Waals surface area contributed by atoms with Crippen LogP contribution in [0.2, 0.25) is 0 Å². The third-order valence-electron chi connectivity index (χ3n) is 7.21. The third-order valence-corrected chi connectivity index (χ3v) is 7.21. The zero-order valence-corrected chi connectivity index (χ0v) is 18.5. The molecule has 0 saturated heterocycles. The number of pyridine rings is 1. The lowest BCUT2D eigenvalue weighted by Crippen LogP contribution is -2.41. The molecule has 1 fully saturated rings. The number of halogens is 1. The summed E-state index contributed by atoms with van der Waals surface area (Å²) in [7, 11) is 0. The van der Waals surface area contributed by atoms with Crippen LogP contribution >= 0.6 is 0 Å². The normalized spacial score (nSPS) is 20.6. The van der Waals surface area contributed by atoms with Gasteiger partial charge in [0.05, 0.1) is 6.54 Å². The van der Waals surface area contributed by atoms with E-state index >= 15 is 0 Å². The SMILES string of the molecule is O=C(O)CC1CCC(C(=O)N2CCc3c(n(Cc4cccc(F)c4)c4ncccc34)C2)CC1. The van der Waals surface area contributed by atoms with E-state index in [1.165, 1.54) is 11.6 Å². The molecule has 2 aromatic heterocycles. The maximum Gasteiger partial charge on any atom is 0.303 e. The van der Waals surface area contributed by atoms with Crippen LogP contribution in [0.1, 0.15) is 48.9 Å². The molecular weight excluding hydrogens is 421 g/mol. The number of aliphatic carboxylic acids is 1. The average molecular weight is 450 g/mol. The van der Waals surface area contributed by atoms with Gasteiger partial charge in [-0.05, 0) is 73.4 Å². The van der Waals surface area contributed by atoms with Crippen molar-refractivity contribution in [1.82, 2.24) is 14.5 Å². The first kappa shape index (κ1) is 21.6. The monoisotopic (exact) mass is 449 g/mol. The molecule has 2 aliphatic rings. The molecule has 0 spiro atoms. The summed E-state index contributed by atoms with van der Waals surface area (Å²) in [6.07, 6.45) is 5.85. The first-order valence-electron chi connectivity index (χ1n) is 11.7. The summed E-state index contributed by atoms with van der Waals surface area (Å²) in [4.78, 5) is 30.9. The Morgan fingerprint density at radius 2 is 1.94 bits per heavy atom. The van der Waals surface area contributed by atoms with E-state index in [1.54, 1.807) is 18.3 Å². The van der Waals surface area contributed by atoms with Gasteiger partial charge < -0.3 is 14.6 Å². The van der Waals surface area contributed by atoms with Gasteiger partial charge in [-0.3, -0.25) is 9.59 Å².